The number of benzene rings is 2. The first kappa shape index (κ1) is 20.2. The number of fused-ring (bicyclic) bond motifs is 2. The van der Waals surface area contributed by atoms with Gasteiger partial charge in [-0.05, 0) is 49.6 Å². The zero-order chi connectivity index (χ0) is 22.7. The maximum Gasteiger partial charge on any atom is 0.155 e. The number of aryl methyl sites for hydroxylation is 1. The molecule has 4 heterocycles. The molecule has 1 atom stereocenters. The van der Waals surface area contributed by atoms with Crippen molar-refractivity contribution in [3.63, 3.8) is 0 Å². The number of anilines is 2. The second-order valence-corrected chi connectivity index (χ2v) is 9.16. The Labute approximate surface area is 192 Å². The summed E-state index contributed by atoms with van der Waals surface area (Å²) in [7, 11) is 2.17. The minimum atomic E-state index is -0.273. The fourth-order valence-electron chi connectivity index (χ4n) is 5.81. The third-order valence-corrected chi connectivity index (χ3v) is 7.64. The first-order valence-corrected chi connectivity index (χ1v) is 11.4. The van der Waals surface area contributed by atoms with E-state index in [9.17, 15) is 4.39 Å². The molecule has 2 aliphatic heterocycles. The van der Waals surface area contributed by atoms with E-state index in [2.05, 4.69) is 46.2 Å². The van der Waals surface area contributed by atoms with E-state index in [4.69, 9.17) is 10.7 Å². The van der Waals surface area contributed by atoms with Gasteiger partial charge < -0.3 is 15.5 Å². The molecule has 4 aromatic rings. The number of nitrogens with two attached hydrogens (primary N) is 1. The standard InChI is InChI=1S/C26H27FN6/c1-17-23(18-7-3-5-9-20(18)27)33-22(11-14-29-33)25(30-17)32-15-12-26(13-16-32)24(28)19-8-4-6-10-21(19)31(26)2/h3-11,14,24H,12-13,15-16,28H2,1-2H3/t24-/m1/s1. The molecule has 1 fully saturated rings. The van der Waals surface area contributed by atoms with Crippen LogP contribution in [0.1, 0.15) is 30.1 Å². The van der Waals surface area contributed by atoms with Gasteiger partial charge in [-0.1, -0.05) is 30.3 Å². The first-order chi connectivity index (χ1) is 16.0. The lowest BCUT2D eigenvalue weighted by Gasteiger charge is -2.47. The smallest absolute Gasteiger partial charge is 0.155 e. The van der Waals surface area contributed by atoms with Crippen molar-refractivity contribution in [1.82, 2.24) is 14.6 Å². The minimum absolute atomic E-state index is 0.00559. The molecule has 6 rings (SSSR count). The number of halogens is 1. The number of aromatic nitrogens is 3. The highest BCUT2D eigenvalue weighted by Crippen LogP contribution is 2.49. The summed E-state index contributed by atoms with van der Waals surface area (Å²) in [5.41, 5.74) is 12.0. The maximum atomic E-state index is 14.6. The van der Waals surface area contributed by atoms with Crippen molar-refractivity contribution in [2.24, 2.45) is 5.73 Å². The van der Waals surface area contributed by atoms with E-state index in [0.717, 1.165) is 43.0 Å². The molecule has 0 unspecified atom stereocenters. The van der Waals surface area contributed by atoms with Crippen molar-refractivity contribution in [2.75, 3.05) is 29.9 Å². The van der Waals surface area contributed by atoms with E-state index in [1.807, 2.05) is 23.6 Å². The summed E-state index contributed by atoms with van der Waals surface area (Å²) in [6.07, 6.45) is 3.64. The van der Waals surface area contributed by atoms with Crippen molar-refractivity contribution in [1.29, 1.82) is 0 Å². The summed E-state index contributed by atoms with van der Waals surface area (Å²) in [6.45, 7) is 3.62. The van der Waals surface area contributed by atoms with Crippen LogP contribution >= 0.6 is 0 Å². The zero-order valence-corrected chi connectivity index (χ0v) is 18.9. The average molecular weight is 443 g/mol. The van der Waals surface area contributed by atoms with Crippen molar-refractivity contribution in [2.45, 2.75) is 31.3 Å². The first-order valence-electron chi connectivity index (χ1n) is 11.4. The molecule has 168 valence electrons. The number of hydrogen-bond acceptors (Lipinski definition) is 5. The van der Waals surface area contributed by atoms with Crippen molar-refractivity contribution < 1.29 is 4.39 Å². The molecule has 2 aromatic carbocycles. The Balaban J connectivity index is 1.35. The highest BCUT2D eigenvalue weighted by molar-refractivity contribution is 5.76. The lowest BCUT2D eigenvalue weighted by molar-refractivity contribution is 0.285. The summed E-state index contributed by atoms with van der Waals surface area (Å²) < 4.78 is 16.4. The molecule has 33 heavy (non-hydrogen) atoms. The quantitative estimate of drug-likeness (QED) is 0.501. The SMILES string of the molecule is Cc1nc(N2CCC3(CC2)[C@H](N)c2ccccc2N3C)c2ccnn2c1-c1ccccc1F. The molecule has 2 N–H and O–H groups in total. The third-order valence-electron chi connectivity index (χ3n) is 7.64. The van der Waals surface area contributed by atoms with E-state index in [-0.39, 0.29) is 17.4 Å². The normalized spacial score (nSPS) is 19.5. The van der Waals surface area contributed by atoms with E-state index in [1.54, 1.807) is 18.3 Å². The summed E-state index contributed by atoms with van der Waals surface area (Å²) in [5, 5.41) is 4.53. The van der Waals surface area contributed by atoms with Gasteiger partial charge in [-0.15, -0.1) is 0 Å². The second kappa shape index (κ2) is 7.28. The van der Waals surface area contributed by atoms with Crippen LogP contribution in [0.3, 0.4) is 0 Å². The van der Waals surface area contributed by atoms with Crippen LogP contribution in [-0.2, 0) is 0 Å². The van der Waals surface area contributed by atoms with Crippen molar-refractivity contribution in [3.05, 3.63) is 77.9 Å². The number of hydrogen-bond donors (Lipinski definition) is 1. The molecule has 6 nitrogen and oxygen atoms in total. The molecule has 7 heteroatoms. The van der Waals surface area contributed by atoms with Gasteiger partial charge in [-0.2, -0.15) is 5.10 Å². The molecule has 0 bridgehead atoms. The molecular weight excluding hydrogens is 415 g/mol. The lowest BCUT2D eigenvalue weighted by Crippen LogP contribution is -2.56. The van der Waals surface area contributed by atoms with Crippen molar-refractivity contribution >= 4 is 17.0 Å². The van der Waals surface area contributed by atoms with Crippen LogP contribution in [0.5, 0.6) is 0 Å². The fraction of sp³-hybridized carbons (Fsp3) is 0.308. The molecule has 0 amide bonds. The summed E-state index contributed by atoms with van der Waals surface area (Å²) in [5.74, 6) is 0.622. The fourth-order valence-corrected chi connectivity index (χ4v) is 5.81. The highest BCUT2D eigenvalue weighted by Gasteiger charge is 2.49. The maximum absolute atomic E-state index is 14.6. The van der Waals surface area contributed by atoms with Gasteiger partial charge in [0, 0.05) is 31.4 Å². The highest BCUT2D eigenvalue weighted by atomic mass is 19.1. The number of likely N-dealkylation sites (N-methyl/N-ethyl adjacent to an activating group) is 1. The van der Waals surface area contributed by atoms with Gasteiger partial charge in [0.25, 0.3) is 0 Å². The van der Waals surface area contributed by atoms with E-state index >= 15 is 0 Å². The van der Waals surface area contributed by atoms with Gasteiger partial charge in [0.2, 0.25) is 0 Å². The lowest BCUT2D eigenvalue weighted by atomic mass is 9.80. The van der Waals surface area contributed by atoms with Crippen LogP contribution in [0, 0.1) is 12.7 Å². The molecule has 1 spiro atoms. The van der Waals surface area contributed by atoms with Gasteiger partial charge in [0.05, 0.1) is 29.2 Å². The average Bonchev–Trinajstić information content (AvgIpc) is 3.39. The number of nitrogens with zero attached hydrogens (tertiary/aromatic N) is 5. The monoisotopic (exact) mass is 442 g/mol. The van der Waals surface area contributed by atoms with E-state index < -0.39 is 0 Å². The van der Waals surface area contributed by atoms with Crippen LogP contribution in [0.2, 0.25) is 0 Å². The number of rotatable bonds is 2. The van der Waals surface area contributed by atoms with Crippen LogP contribution in [0.4, 0.5) is 15.9 Å². The molecule has 1 saturated heterocycles. The molecule has 0 radical (unpaired) electrons. The van der Waals surface area contributed by atoms with Crippen LogP contribution < -0.4 is 15.5 Å². The van der Waals surface area contributed by atoms with Gasteiger partial charge in [0.15, 0.2) is 5.82 Å². The number of para-hydroxylation sites is 1. The second-order valence-electron chi connectivity index (χ2n) is 9.16. The minimum Gasteiger partial charge on any atom is -0.367 e. The zero-order valence-electron chi connectivity index (χ0n) is 18.9. The molecule has 0 aliphatic carbocycles. The van der Waals surface area contributed by atoms with Crippen molar-refractivity contribution in [3.8, 4) is 11.3 Å². The molecule has 0 saturated carbocycles. The Morgan fingerprint density at radius 2 is 1.76 bits per heavy atom. The van der Waals surface area contributed by atoms with Gasteiger partial charge >= 0.3 is 0 Å². The van der Waals surface area contributed by atoms with E-state index in [1.165, 1.54) is 17.3 Å². The van der Waals surface area contributed by atoms with Crippen LogP contribution in [-0.4, -0.2) is 40.3 Å². The Hall–Kier alpha value is -3.45. The summed E-state index contributed by atoms with van der Waals surface area (Å²) in [6, 6.07) is 17.2. The van der Waals surface area contributed by atoms with Gasteiger partial charge in [-0.3, -0.25) is 0 Å². The van der Waals surface area contributed by atoms with E-state index in [0.29, 0.717) is 11.3 Å². The summed E-state index contributed by atoms with van der Waals surface area (Å²) in [4.78, 5) is 9.67. The Morgan fingerprint density at radius 3 is 2.52 bits per heavy atom. The molecule has 2 aromatic heterocycles. The van der Waals surface area contributed by atoms with Gasteiger partial charge in [0.1, 0.15) is 11.3 Å². The molecule has 2 aliphatic rings. The summed E-state index contributed by atoms with van der Waals surface area (Å²) >= 11 is 0. The number of piperidine rings is 1. The Kier molecular flexibility index (Phi) is 4.45. The Bertz CT molecular complexity index is 1320. The predicted molar refractivity (Wildman–Crippen MR) is 129 cm³/mol. The van der Waals surface area contributed by atoms with Gasteiger partial charge in [-0.25, -0.2) is 13.9 Å². The van der Waals surface area contributed by atoms with Crippen LogP contribution in [0.15, 0.2) is 60.8 Å². The van der Waals surface area contributed by atoms with Crippen LogP contribution in [0.25, 0.3) is 16.8 Å². The topological polar surface area (TPSA) is 62.7 Å². The third kappa shape index (κ3) is 2.82. The largest absolute Gasteiger partial charge is 0.367 e. The Morgan fingerprint density at radius 1 is 1.03 bits per heavy atom. The predicted octanol–water partition coefficient (Wildman–Crippen LogP) is 4.33. The molecular formula is C26H27FN6.